The van der Waals surface area contributed by atoms with Crippen LogP contribution in [0, 0.1) is 0 Å². The lowest BCUT2D eigenvalue weighted by Crippen LogP contribution is -2.47. The molecule has 1 aromatic carbocycles. The highest BCUT2D eigenvalue weighted by Gasteiger charge is 2.35. The van der Waals surface area contributed by atoms with Crippen LogP contribution < -0.4 is 9.64 Å². The summed E-state index contributed by atoms with van der Waals surface area (Å²) in [5.74, 6) is 1.28. The summed E-state index contributed by atoms with van der Waals surface area (Å²) < 4.78 is 23.0. The van der Waals surface area contributed by atoms with E-state index >= 15 is 4.39 Å². The summed E-state index contributed by atoms with van der Waals surface area (Å²) in [7, 11) is 1.88. The number of aliphatic hydroxyl groups is 1. The van der Waals surface area contributed by atoms with Crippen LogP contribution in [0.15, 0.2) is 30.5 Å². The van der Waals surface area contributed by atoms with Gasteiger partial charge in [0, 0.05) is 31.9 Å². The fraction of sp³-hybridized carbons (Fsp3) is 0.458. The number of nitrogens with zero attached hydrogens (tertiary/aromatic N) is 5. The summed E-state index contributed by atoms with van der Waals surface area (Å²) in [6.07, 6.45) is 1.30. The van der Waals surface area contributed by atoms with Crippen molar-refractivity contribution in [3.05, 3.63) is 47.3 Å². The van der Waals surface area contributed by atoms with Crippen LogP contribution in [-0.2, 0) is 20.0 Å². The van der Waals surface area contributed by atoms with E-state index < -0.39 is 12.3 Å². The quantitative estimate of drug-likeness (QED) is 0.618. The maximum Gasteiger partial charge on any atom is 0.256 e. The topological polar surface area (TPSA) is 83.7 Å². The molecule has 0 spiro atoms. The van der Waals surface area contributed by atoms with E-state index in [0.29, 0.717) is 42.9 Å². The number of aryl methyl sites for hydroxylation is 2. The molecule has 2 aromatic heterocycles. The summed E-state index contributed by atoms with van der Waals surface area (Å²) in [4.78, 5) is 20.9. The van der Waals surface area contributed by atoms with E-state index in [1.165, 1.54) is 0 Å². The monoisotopic (exact) mass is 453 g/mol. The van der Waals surface area contributed by atoms with Crippen LogP contribution in [0.1, 0.15) is 35.0 Å². The number of rotatable bonds is 6. The minimum atomic E-state index is -1.17. The van der Waals surface area contributed by atoms with Crippen LogP contribution in [0.3, 0.4) is 0 Å². The van der Waals surface area contributed by atoms with Crippen molar-refractivity contribution in [1.82, 2.24) is 19.7 Å². The minimum Gasteiger partial charge on any atom is -0.487 e. The van der Waals surface area contributed by atoms with E-state index in [1.807, 2.05) is 43.1 Å². The lowest BCUT2D eigenvalue weighted by atomic mass is 10.0. The zero-order valence-corrected chi connectivity index (χ0v) is 18.9. The van der Waals surface area contributed by atoms with Gasteiger partial charge in [-0.3, -0.25) is 9.48 Å². The van der Waals surface area contributed by atoms with Gasteiger partial charge >= 0.3 is 0 Å². The number of amides is 1. The van der Waals surface area contributed by atoms with E-state index in [-0.39, 0.29) is 25.6 Å². The van der Waals surface area contributed by atoms with Gasteiger partial charge in [0.25, 0.3) is 5.91 Å². The van der Waals surface area contributed by atoms with Crippen LogP contribution in [-0.4, -0.2) is 69.2 Å². The highest BCUT2D eigenvalue weighted by atomic mass is 19.1. The Morgan fingerprint density at radius 3 is 2.91 bits per heavy atom. The van der Waals surface area contributed by atoms with Gasteiger partial charge in [0.1, 0.15) is 17.7 Å². The molecule has 2 atom stereocenters. The first kappa shape index (κ1) is 21.6. The zero-order valence-electron chi connectivity index (χ0n) is 18.9. The number of anilines is 1. The molecule has 1 saturated heterocycles. The molecule has 0 bridgehead atoms. The molecule has 0 unspecified atom stereocenters. The van der Waals surface area contributed by atoms with Gasteiger partial charge in [-0.1, -0.05) is 6.92 Å². The van der Waals surface area contributed by atoms with Crippen LogP contribution in [0.2, 0.25) is 0 Å². The number of benzene rings is 1. The largest absolute Gasteiger partial charge is 0.487 e. The number of carbonyl (C=O) groups excluding carboxylic acids is 1. The van der Waals surface area contributed by atoms with Gasteiger partial charge < -0.3 is 19.6 Å². The number of alkyl halides is 1. The zero-order chi connectivity index (χ0) is 23.1. The number of hydrogen-bond donors (Lipinski definition) is 1. The summed E-state index contributed by atoms with van der Waals surface area (Å²) in [5.41, 5.74) is 3.21. The summed E-state index contributed by atoms with van der Waals surface area (Å²) in [6.45, 7) is 3.39. The van der Waals surface area contributed by atoms with Crippen LogP contribution in [0.4, 0.5) is 10.2 Å². The second kappa shape index (κ2) is 8.62. The standard InChI is InChI=1S/C24H28FN5O3/c1-3-15-11-18-20(14-30(8-9-31)24(18)32)27-23(15)29-7-6-22(19(25)13-29)33-17-4-5-21-16(10-17)12-26-28(21)2/h4-5,10-12,19,22,31H,3,6-9,13-14H2,1-2H3/t19-,22+/m0/s1. The van der Waals surface area contributed by atoms with Gasteiger partial charge in [-0.25, -0.2) is 9.37 Å². The normalized spacial score (nSPS) is 20.5. The van der Waals surface area contributed by atoms with Gasteiger partial charge in [-0.15, -0.1) is 0 Å². The number of pyridine rings is 1. The van der Waals surface area contributed by atoms with E-state index in [0.717, 1.165) is 22.3 Å². The molecule has 4 heterocycles. The summed E-state index contributed by atoms with van der Waals surface area (Å²) in [5, 5.41) is 14.4. The number of hydrogen-bond acceptors (Lipinski definition) is 6. The lowest BCUT2D eigenvalue weighted by molar-refractivity contribution is 0.0745. The Bertz CT molecular complexity index is 1200. The Hall–Kier alpha value is -3.20. The summed E-state index contributed by atoms with van der Waals surface area (Å²) in [6, 6.07) is 7.57. The summed E-state index contributed by atoms with van der Waals surface area (Å²) >= 11 is 0. The van der Waals surface area contributed by atoms with Crippen LogP contribution >= 0.6 is 0 Å². The van der Waals surface area contributed by atoms with Crippen molar-refractivity contribution in [1.29, 1.82) is 0 Å². The molecule has 2 aliphatic heterocycles. The Balaban J connectivity index is 1.31. The fourth-order valence-corrected chi connectivity index (χ4v) is 4.74. The minimum absolute atomic E-state index is 0.0853. The van der Waals surface area contributed by atoms with E-state index in [1.54, 1.807) is 15.8 Å². The van der Waals surface area contributed by atoms with Crippen molar-refractivity contribution < 1.29 is 19.0 Å². The molecule has 1 N–H and O–H groups in total. The van der Waals surface area contributed by atoms with E-state index in [4.69, 9.17) is 9.72 Å². The Kier molecular flexibility index (Phi) is 5.65. The number of aromatic nitrogens is 3. The maximum atomic E-state index is 15.2. The average Bonchev–Trinajstić information content (AvgIpc) is 3.33. The van der Waals surface area contributed by atoms with Crippen molar-refractivity contribution >= 4 is 22.6 Å². The van der Waals surface area contributed by atoms with Crippen LogP contribution in [0.5, 0.6) is 5.75 Å². The number of halogens is 1. The van der Waals surface area contributed by atoms with Gasteiger partial charge in [-0.05, 0) is 36.2 Å². The Morgan fingerprint density at radius 1 is 1.30 bits per heavy atom. The van der Waals surface area contributed by atoms with Gasteiger partial charge in [0.05, 0.1) is 42.7 Å². The van der Waals surface area contributed by atoms with Crippen molar-refractivity contribution in [2.45, 2.75) is 38.6 Å². The third-order valence-electron chi connectivity index (χ3n) is 6.55. The van der Waals surface area contributed by atoms with Crippen molar-refractivity contribution in [2.75, 3.05) is 31.1 Å². The molecule has 0 radical (unpaired) electrons. The smallest absolute Gasteiger partial charge is 0.256 e. The second-order valence-corrected chi connectivity index (χ2v) is 8.67. The first-order valence-electron chi connectivity index (χ1n) is 11.4. The molecule has 3 aromatic rings. The first-order valence-corrected chi connectivity index (χ1v) is 11.4. The molecule has 0 aliphatic carbocycles. The number of carbonyl (C=O) groups is 1. The maximum absolute atomic E-state index is 15.2. The molecule has 0 saturated carbocycles. The molecule has 2 aliphatic rings. The second-order valence-electron chi connectivity index (χ2n) is 8.67. The lowest BCUT2D eigenvalue weighted by Gasteiger charge is -2.36. The van der Waals surface area contributed by atoms with E-state index in [2.05, 4.69) is 5.10 Å². The van der Waals surface area contributed by atoms with Crippen LogP contribution in [0.25, 0.3) is 10.9 Å². The predicted octanol–water partition coefficient (Wildman–Crippen LogP) is 2.47. The highest BCUT2D eigenvalue weighted by Crippen LogP contribution is 2.31. The third kappa shape index (κ3) is 3.90. The van der Waals surface area contributed by atoms with Crippen molar-refractivity contribution in [3.63, 3.8) is 0 Å². The number of piperidine rings is 1. The molecule has 1 amide bonds. The number of fused-ring (bicyclic) bond motifs is 2. The number of β-amino-alcohol motifs (C(OH)–C–C–N with tert-alkyl or cyclic N) is 1. The van der Waals surface area contributed by atoms with Gasteiger partial charge in [-0.2, -0.15) is 5.10 Å². The van der Waals surface area contributed by atoms with Gasteiger partial charge in [0.2, 0.25) is 0 Å². The van der Waals surface area contributed by atoms with E-state index in [9.17, 15) is 9.90 Å². The highest BCUT2D eigenvalue weighted by molar-refractivity contribution is 5.98. The SMILES string of the molecule is CCc1cc2c(nc1N1CC[C@@H](Oc3ccc4c(cnn4C)c3)[C@@H](F)C1)CN(CCO)C2=O. The molecule has 5 rings (SSSR count). The first-order chi connectivity index (χ1) is 16.0. The molecule has 174 valence electrons. The Labute approximate surface area is 191 Å². The molecular formula is C24H28FN5O3. The van der Waals surface area contributed by atoms with Gasteiger partial charge in [0.15, 0.2) is 6.17 Å². The molecule has 33 heavy (non-hydrogen) atoms. The van der Waals surface area contributed by atoms with Crippen molar-refractivity contribution in [2.24, 2.45) is 7.05 Å². The fourth-order valence-electron chi connectivity index (χ4n) is 4.74. The number of aliphatic hydroxyl groups excluding tert-OH is 1. The number of ether oxygens (including phenoxy) is 1. The average molecular weight is 454 g/mol. The predicted molar refractivity (Wildman–Crippen MR) is 122 cm³/mol. The Morgan fingerprint density at radius 2 is 2.15 bits per heavy atom. The molecule has 9 heteroatoms. The third-order valence-corrected chi connectivity index (χ3v) is 6.55. The van der Waals surface area contributed by atoms with Crippen molar-refractivity contribution in [3.8, 4) is 5.75 Å². The molecule has 8 nitrogen and oxygen atoms in total. The molecular weight excluding hydrogens is 425 g/mol. The molecule has 1 fully saturated rings.